The highest BCUT2D eigenvalue weighted by molar-refractivity contribution is 5.73. The van der Waals surface area contributed by atoms with Crippen LogP contribution in [0.15, 0.2) is 0 Å². The molecule has 0 saturated heterocycles. The summed E-state index contributed by atoms with van der Waals surface area (Å²) < 4.78 is 0. The van der Waals surface area contributed by atoms with Crippen molar-refractivity contribution < 1.29 is 4.79 Å². The van der Waals surface area contributed by atoms with Crippen molar-refractivity contribution in [1.29, 1.82) is 0 Å². The van der Waals surface area contributed by atoms with E-state index in [9.17, 15) is 4.79 Å². The predicted molar refractivity (Wildman–Crippen MR) is 37.2 cm³/mol. The summed E-state index contributed by atoms with van der Waals surface area (Å²) in [4.78, 5) is 10.4. The molecule has 54 valence electrons. The highest BCUT2D eigenvalue weighted by Crippen LogP contribution is 1.75. The fourth-order valence-electron chi connectivity index (χ4n) is 0.704. The van der Waals surface area contributed by atoms with Gasteiger partial charge in [-0.2, -0.15) is 0 Å². The number of likely N-dealkylation sites (N-methyl/N-ethyl adjacent to an activating group) is 1. The molecule has 1 atom stereocenters. The number of hydrogen-bond acceptors (Lipinski definition) is 2. The quantitative estimate of drug-likeness (QED) is 0.552. The second kappa shape index (κ2) is 4.32. The van der Waals surface area contributed by atoms with Gasteiger partial charge < -0.3 is 10.6 Å². The van der Waals surface area contributed by atoms with Gasteiger partial charge in [0.25, 0.3) is 0 Å². The first kappa shape index (κ1) is 8.43. The lowest BCUT2D eigenvalue weighted by molar-refractivity contribution is -0.119. The molecule has 0 rings (SSSR count). The second-order valence-electron chi connectivity index (χ2n) is 2.16. The van der Waals surface area contributed by atoms with Crippen LogP contribution in [0.25, 0.3) is 0 Å². The van der Waals surface area contributed by atoms with Crippen LogP contribution in [0.3, 0.4) is 0 Å². The van der Waals surface area contributed by atoms with E-state index < -0.39 is 0 Å². The van der Waals surface area contributed by atoms with Crippen molar-refractivity contribution in [2.75, 3.05) is 13.6 Å². The molecule has 0 aromatic carbocycles. The Morgan fingerprint density at radius 2 is 2.22 bits per heavy atom. The molecule has 0 aliphatic rings. The zero-order valence-electron chi connectivity index (χ0n) is 6.19. The third kappa shape index (κ3) is 5.30. The Balaban J connectivity index is 3.26. The van der Waals surface area contributed by atoms with E-state index in [-0.39, 0.29) is 11.9 Å². The Morgan fingerprint density at radius 1 is 1.67 bits per heavy atom. The maximum atomic E-state index is 10.4. The third-order valence-corrected chi connectivity index (χ3v) is 0.960. The van der Waals surface area contributed by atoms with E-state index in [1.54, 1.807) is 0 Å². The van der Waals surface area contributed by atoms with Crippen LogP contribution in [0.2, 0.25) is 0 Å². The van der Waals surface area contributed by atoms with Crippen molar-refractivity contribution in [2.45, 2.75) is 19.9 Å². The minimum Gasteiger partial charge on any atom is -0.353 e. The lowest BCUT2D eigenvalue weighted by atomic mass is 10.3. The van der Waals surface area contributed by atoms with Gasteiger partial charge in [0.1, 0.15) is 0 Å². The molecular weight excluding hydrogens is 116 g/mol. The fraction of sp³-hybridized carbons (Fsp3) is 0.833. The second-order valence-corrected chi connectivity index (χ2v) is 2.16. The van der Waals surface area contributed by atoms with Gasteiger partial charge >= 0.3 is 0 Å². The first-order chi connectivity index (χ1) is 4.16. The smallest absolute Gasteiger partial charge is 0.217 e. The molecular formula is C6H14N2O. The molecule has 0 aromatic heterocycles. The fourth-order valence-corrected chi connectivity index (χ4v) is 0.704. The predicted octanol–water partition coefficient (Wildman–Crippen LogP) is -0.270. The van der Waals surface area contributed by atoms with E-state index >= 15 is 0 Å². The number of amides is 1. The van der Waals surface area contributed by atoms with Crippen LogP contribution in [0.5, 0.6) is 0 Å². The van der Waals surface area contributed by atoms with E-state index in [1.165, 1.54) is 6.92 Å². The average molecular weight is 130 g/mol. The average Bonchev–Trinajstić information content (AvgIpc) is 1.63. The van der Waals surface area contributed by atoms with Crippen molar-refractivity contribution in [3.63, 3.8) is 0 Å². The summed E-state index contributed by atoms with van der Waals surface area (Å²) in [6, 6.07) is 0.229. The lowest BCUT2D eigenvalue weighted by Crippen LogP contribution is -2.37. The zero-order chi connectivity index (χ0) is 7.28. The number of carbonyl (C=O) groups excluding carboxylic acids is 1. The van der Waals surface area contributed by atoms with E-state index in [1.807, 2.05) is 14.0 Å². The normalized spacial score (nSPS) is 12.8. The van der Waals surface area contributed by atoms with Gasteiger partial charge in [-0.25, -0.2) is 0 Å². The summed E-state index contributed by atoms with van der Waals surface area (Å²) in [6.07, 6.45) is 0. The standard InChI is InChI=1S/C6H14N2O/c1-5(4-7-3)8-6(2)9/h5,7H,4H2,1-3H3,(H,8,9). The van der Waals surface area contributed by atoms with Gasteiger partial charge in [-0.05, 0) is 14.0 Å². The maximum absolute atomic E-state index is 10.4. The molecule has 0 spiro atoms. The molecule has 3 nitrogen and oxygen atoms in total. The Morgan fingerprint density at radius 3 is 2.56 bits per heavy atom. The van der Waals surface area contributed by atoms with Gasteiger partial charge in [-0.3, -0.25) is 4.79 Å². The van der Waals surface area contributed by atoms with Gasteiger partial charge in [0, 0.05) is 19.5 Å². The third-order valence-electron chi connectivity index (χ3n) is 0.960. The van der Waals surface area contributed by atoms with Gasteiger partial charge in [0.2, 0.25) is 5.91 Å². The SMILES string of the molecule is CNCC(C)NC(C)=O. The lowest BCUT2D eigenvalue weighted by Gasteiger charge is -2.10. The van der Waals surface area contributed by atoms with Crippen molar-refractivity contribution in [1.82, 2.24) is 10.6 Å². The molecule has 2 N–H and O–H groups in total. The Labute approximate surface area is 55.8 Å². The summed E-state index contributed by atoms with van der Waals surface area (Å²) in [5.41, 5.74) is 0. The molecule has 0 radical (unpaired) electrons. The van der Waals surface area contributed by atoms with E-state index in [2.05, 4.69) is 10.6 Å². The molecule has 0 bridgehead atoms. The van der Waals surface area contributed by atoms with Crippen LogP contribution in [-0.2, 0) is 4.79 Å². The van der Waals surface area contributed by atoms with Gasteiger partial charge in [0.05, 0.1) is 0 Å². The van der Waals surface area contributed by atoms with Crippen molar-refractivity contribution in [2.24, 2.45) is 0 Å². The molecule has 0 aliphatic heterocycles. The number of rotatable bonds is 3. The minimum absolute atomic E-state index is 0.0257. The molecule has 0 aromatic rings. The minimum atomic E-state index is 0.0257. The number of nitrogens with one attached hydrogen (secondary N) is 2. The maximum Gasteiger partial charge on any atom is 0.217 e. The summed E-state index contributed by atoms with van der Waals surface area (Å²) >= 11 is 0. The topological polar surface area (TPSA) is 41.1 Å². The summed E-state index contributed by atoms with van der Waals surface area (Å²) in [6.45, 7) is 4.30. The van der Waals surface area contributed by atoms with Gasteiger partial charge in [-0.1, -0.05) is 0 Å². The van der Waals surface area contributed by atoms with Crippen molar-refractivity contribution >= 4 is 5.91 Å². The van der Waals surface area contributed by atoms with Crippen LogP contribution in [0.4, 0.5) is 0 Å². The van der Waals surface area contributed by atoms with Crippen LogP contribution < -0.4 is 10.6 Å². The molecule has 1 unspecified atom stereocenters. The largest absolute Gasteiger partial charge is 0.353 e. The van der Waals surface area contributed by atoms with E-state index in [0.29, 0.717) is 0 Å². The molecule has 0 aliphatic carbocycles. The van der Waals surface area contributed by atoms with Crippen LogP contribution in [0, 0.1) is 0 Å². The first-order valence-corrected chi connectivity index (χ1v) is 3.08. The Kier molecular flexibility index (Phi) is 4.05. The van der Waals surface area contributed by atoms with Crippen molar-refractivity contribution in [3.05, 3.63) is 0 Å². The monoisotopic (exact) mass is 130 g/mol. The summed E-state index contributed by atoms with van der Waals surface area (Å²) in [7, 11) is 1.86. The molecule has 3 heteroatoms. The Hall–Kier alpha value is -0.570. The first-order valence-electron chi connectivity index (χ1n) is 3.08. The van der Waals surface area contributed by atoms with Crippen LogP contribution in [-0.4, -0.2) is 25.5 Å². The highest BCUT2D eigenvalue weighted by Gasteiger charge is 1.98. The number of carbonyl (C=O) groups is 1. The molecule has 0 saturated carbocycles. The molecule has 1 amide bonds. The van der Waals surface area contributed by atoms with Crippen LogP contribution in [0.1, 0.15) is 13.8 Å². The highest BCUT2D eigenvalue weighted by atomic mass is 16.1. The summed E-state index contributed by atoms with van der Waals surface area (Å²) in [5.74, 6) is 0.0257. The van der Waals surface area contributed by atoms with Gasteiger partial charge in [0.15, 0.2) is 0 Å². The van der Waals surface area contributed by atoms with E-state index in [0.717, 1.165) is 6.54 Å². The van der Waals surface area contributed by atoms with Gasteiger partial charge in [-0.15, -0.1) is 0 Å². The molecule has 0 fully saturated rings. The van der Waals surface area contributed by atoms with Crippen molar-refractivity contribution in [3.8, 4) is 0 Å². The Bertz CT molecular complexity index is 93.1. The molecule has 9 heavy (non-hydrogen) atoms. The van der Waals surface area contributed by atoms with Crippen LogP contribution >= 0.6 is 0 Å². The zero-order valence-corrected chi connectivity index (χ0v) is 6.19. The molecule has 0 heterocycles. The number of hydrogen-bond donors (Lipinski definition) is 2. The summed E-state index contributed by atoms with van der Waals surface area (Å²) in [5, 5.41) is 5.70. The van der Waals surface area contributed by atoms with E-state index in [4.69, 9.17) is 0 Å².